The van der Waals surface area contributed by atoms with Crippen LogP contribution in [0.4, 0.5) is 0 Å². The van der Waals surface area contributed by atoms with E-state index >= 15 is 0 Å². The number of nitrogens with two attached hydrogens (primary N) is 2. The Balaban J connectivity index is 0.000000428. The summed E-state index contributed by atoms with van der Waals surface area (Å²) < 4.78 is 0. The van der Waals surface area contributed by atoms with Crippen LogP contribution in [0.3, 0.4) is 0 Å². The summed E-state index contributed by atoms with van der Waals surface area (Å²) in [4.78, 5) is 14.6. The monoisotopic (exact) mass is 281 g/mol. The summed E-state index contributed by atoms with van der Waals surface area (Å²) in [6.07, 6.45) is 5.25. The van der Waals surface area contributed by atoms with Gasteiger partial charge in [0.05, 0.1) is 5.92 Å². The molecule has 7 nitrogen and oxygen atoms in total. The zero-order valence-electron chi connectivity index (χ0n) is 11.9. The average Bonchev–Trinajstić information content (AvgIpc) is 2.44. The first-order valence-corrected chi connectivity index (χ1v) is 6.37. The Bertz CT molecular complexity index is 408. The van der Waals surface area contributed by atoms with Crippen molar-refractivity contribution < 1.29 is 9.90 Å². The molecule has 20 heavy (non-hydrogen) atoms. The minimum Gasteiger partial charge on any atom is -0.481 e. The van der Waals surface area contributed by atoms with Crippen LogP contribution in [0.1, 0.15) is 31.7 Å². The fourth-order valence-corrected chi connectivity index (χ4v) is 1.49. The second kappa shape index (κ2) is 10.7. The van der Waals surface area contributed by atoms with Crippen LogP contribution in [0, 0.1) is 12.8 Å². The van der Waals surface area contributed by atoms with Gasteiger partial charge in [0.1, 0.15) is 5.84 Å². The average molecular weight is 281 g/mol. The molecule has 0 radical (unpaired) electrons. The van der Waals surface area contributed by atoms with Gasteiger partial charge in [-0.15, -0.1) is 0 Å². The van der Waals surface area contributed by atoms with Crippen molar-refractivity contribution in [2.75, 3.05) is 0 Å². The molecule has 1 unspecified atom stereocenters. The van der Waals surface area contributed by atoms with Gasteiger partial charge in [0, 0.05) is 18.8 Å². The van der Waals surface area contributed by atoms with Gasteiger partial charge in [-0.25, -0.2) is 5.84 Å². The molecule has 0 bridgehead atoms. The number of carbonyl (C=O) groups is 1. The Morgan fingerprint density at radius 2 is 2.30 bits per heavy atom. The summed E-state index contributed by atoms with van der Waals surface area (Å²) in [5.74, 6) is 9.04. The molecule has 0 aliphatic rings. The highest BCUT2D eigenvalue weighted by Gasteiger charge is 2.18. The van der Waals surface area contributed by atoms with E-state index in [0.29, 0.717) is 12.3 Å². The van der Waals surface area contributed by atoms with Gasteiger partial charge in [-0.05, 0) is 25.0 Å². The fraction of sp³-hybridized carbons (Fsp3) is 0.462. The topological polar surface area (TPSA) is 127 Å². The summed E-state index contributed by atoms with van der Waals surface area (Å²) in [6, 6.07) is 3.95. The highest BCUT2D eigenvalue weighted by molar-refractivity contribution is 5.85. The van der Waals surface area contributed by atoms with E-state index in [1.165, 1.54) is 5.56 Å². The second-order valence-corrected chi connectivity index (χ2v) is 4.28. The first-order valence-electron chi connectivity index (χ1n) is 6.37. The van der Waals surface area contributed by atoms with Gasteiger partial charge in [0.25, 0.3) is 0 Å². The number of rotatable bonds is 5. The lowest BCUT2D eigenvalue weighted by Gasteiger charge is -2.11. The molecule has 0 aromatic carbocycles. The minimum absolute atomic E-state index is 0.246. The quantitative estimate of drug-likeness (QED) is 0.276. The minimum atomic E-state index is -0.849. The molecular formula is C13H23N5O2. The van der Waals surface area contributed by atoms with Crippen molar-refractivity contribution in [2.24, 2.45) is 22.7 Å². The molecule has 1 aromatic rings. The zero-order chi connectivity index (χ0) is 15.4. The summed E-state index contributed by atoms with van der Waals surface area (Å²) in [7, 11) is 0. The van der Waals surface area contributed by atoms with Crippen LogP contribution in [0.25, 0.3) is 0 Å². The number of amidine groups is 1. The van der Waals surface area contributed by atoms with Crippen molar-refractivity contribution in [2.45, 2.75) is 33.1 Å². The Hall–Kier alpha value is -2.15. The van der Waals surface area contributed by atoms with E-state index in [9.17, 15) is 4.79 Å². The normalized spacial score (nSPS) is 12.1. The molecule has 1 heterocycles. The van der Waals surface area contributed by atoms with E-state index in [-0.39, 0.29) is 6.42 Å². The molecule has 1 rings (SSSR count). The van der Waals surface area contributed by atoms with Crippen LogP contribution in [-0.4, -0.2) is 21.9 Å². The number of nitrogens with one attached hydrogen (secondary N) is 1. The summed E-state index contributed by atoms with van der Waals surface area (Å²) in [5.41, 5.74) is 3.47. The number of hydrogen-bond acceptors (Lipinski definition) is 5. The Labute approximate surface area is 119 Å². The van der Waals surface area contributed by atoms with Crippen LogP contribution in [0.15, 0.2) is 29.6 Å². The first-order chi connectivity index (χ1) is 9.54. The molecule has 0 saturated heterocycles. The largest absolute Gasteiger partial charge is 0.481 e. The van der Waals surface area contributed by atoms with E-state index < -0.39 is 11.9 Å². The summed E-state index contributed by atoms with van der Waals surface area (Å²) >= 11 is 0. The number of hydrazone groups is 1. The number of aromatic nitrogens is 1. The van der Waals surface area contributed by atoms with Gasteiger partial charge >= 0.3 is 5.97 Å². The van der Waals surface area contributed by atoms with Gasteiger partial charge in [-0.3, -0.25) is 9.78 Å². The molecule has 0 saturated carbocycles. The maximum Gasteiger partial charge on any atom is 0.306 e. The summed E-state index contributed by atoms with van der Waals surface area (Å²) in [6.45, 7) is 3.94. The van der Waals surface area contributed by atoms with Crippen LogP contribution in [0.2, 0.25) is 0 Å². The lowest BCUT2D eigenvalue weighted by molar-refractivity contribution is -0.141. The lowest BCUT2D eigenvalue weighted by atomic mass is 10.00. The molecule has 1 aromatic heterocycles. The first kappa shape index (κ1) is 17.8. The van der Waals surface area contributed by atoms with Crippen LogP contribution >= 0.6 is 0 Å². The SMILES string of the molecule is CCCC(C/C(=N/N)NN)C(=O)O.Cc1cccnc1. The number of nitrogens with zero attached hydrogens (tertiary/aromatic N) is 2. The van der Waals surface area contributed by atoms with E-state index in [2.05, 4.69) is 15.5 Å². The van der Waals surface area contributed by atoms with Crippen LogP contribution in [0.5, 0.6) is 0 Å². The highest BCUT2D eigenvalue weighted by atomic mass is 16.4. The lowest BCUT2D eigenvalue weighted by Crippen LogP contribution is -2.34. The Kier molecular flexibility index (Phi) is 9.59. The number of hydrogen-bond donors (Lipinski definition) is 4. The van der Waals surface area contributed by atoms with Crippen LogP contribution in [-0.2, 0) is 4.79 Å². The molecule has 7 heteroatoms. The van der Waals surface area contributed by atoms with Gasteiger partial charge < -0.3 is 16.4 Å². The van der Waals surface area contributed by atoms with Gasteiger partial charge in [-0.2, -0.15) is 5.10 Å². The van der Waals surface area contributed by atoms with Crippen molar-refractivity contribution in [3.63, 3.8) is 0 Å². The van der Waals surface area contributed by atoms with Crippen molar-refractivity contribution in [3.8, 4) is 0 Å². The maximum atomic E-state index is 10.7. The molecule has 6 N–H and O–H groups in total. The van der Waals surface area contributed by atoms with E-state index in [0.717, 1.165) is 6.42 Å². The Morgan fingerprint density at radius 3 is 2.60 bits per heavy atom. The molecule has 0 aliphatic heterocycles. The third-order valence-corrected chi connectivity index (χ3v) is 2.56. The van der Waals surface area contributed by atoms with Crippen molar-refractivity contribution >= 4 is 11.8 Å². The van der Waals surface area contributed by atoms with Gasteiger partial charge in [0.15, 0.2) is 0 Å². The molecule has 0 amide bonds. The van der Waals surface area contributed by atoms with Crippen molar-refractivity contribution in [3.05, 3.63) is 30.1 Å². The zero-order valence-corrected chi connectivity index (χ0v) is 11.9. The number of carboxylic acid groups (broad SMARTS) is 1. The van der Waals surface area contributed by atoms with Gasteiger partial charge in [0.2, 0.25) is 0 Å². The number of aliphatic carboxylic acids is 1. The molecule has 0 fully saturated rings. The van der Waals surface area contributed by atoms with E-state index in [1.54, 1.807) is 6.20 Å². The number of aryl methyl sites for hydroxylation is 1. The second-order valence-electron chi connectivity index (χ2n) is 4.28. The number of carboxylic acids is 1. The maximum absolute atomic E-state index is 10.7. The third kappa shape index (κ3) is 8.04. The highest BCUT2D eigenvalue weighted by Crippen LogP contribution is 2.11. The predicted molar refractivity (Wildman–Crippen MR) is 78.6 cm³/mol. The number of hydrazine groups is 1. The van der Waals surface area contributed by atoms with E-state index in [1.807, 2.05) is 32.2 Å². The van der Waals surface area contributed by atoms with Crippen LogP contribution < -0.4 is 17.1 Å². The Morgan fingerprint density at radius 1 is 1.60 bits per heavy atom. The third-order valence-electron chi connectivity index (χ3n) is 2.56. The van der Waals surface area contributed by atoms with Gasteiger partial charge in [-0.1, -0.05) is 19.4 Å². The molecule has 0 spiro atoms. The molecule has 0 aliphatic carbocycles. The summed E-state index contributed by atoms with van der Waals surface area (Å²) in [5, 5.41) is 12.1. The molecule has 1 atom stereocenters. The standard InChI is InChI=1S/C7H16N4O2.C6H7N/c1-2-3-5(7(12)13)4-6(10-8)11-9;1-6-3-2-4-7-5-6/h5H,2-4,8-9H2,1H3,(H,10,11)(H,12,13);2-5H,1H3. The van der Waals surface area contributed by atoms with E-state index in [4.69, 9.17) is 16.8 Å². The van der Waals surface area contributed by atoms with Crippen molar-refractivity contribution in [1.29, 1.82) is 0 Å². The predicted octanol–water partition coefficient (Wildman–Crippen LogP) is 1.00. The van der Waals surface area contributed by atoms with Crippen molar-refractivity contribution in [1.82, 2.24) is 10.4 Å². The molecule has 112 valence electrons. The fourth-order valence-electron chi connectivity index (χ4n) is 1.49. The smallest absolute Gasteiger partial charge is 0.306 e. The number of pyridine rings is 1. The molecular weight excluding hydrogens is 258 g/mol.